The molecule has 78 valence electrons. The lowest BCUT2D eigenvalue weighted by Crippen LogP contribution is -2.21. The summed E-state index contributed by atoms with van der Waals surface area (Å²) in [6, 6.07) is 5.53. The molecule has 1 aromatic rings. The van der Waals surface area contributed by atoms with Crippen LogP contribution in [-0.2, 0) is 0 Å². The number of nitrogens with one attached hydrogen (secondary N) is 1. The molecule has 1 aromatic carbocycles. The molecule has 2 nitrogen and oxygen atoms in total. The lowest BCUT2D eigenvalue weighted by Gasteiger charge is -2.18. The zero-order valence-corrected chi connectivity index (χ0v) is 9.47. The normalized spacial score (nSPS) is 12.9. The fourth-order valence-electron chi connectivity index (χ4n) is 1.03. The molecule has 0 aliphatic heterocycles. The summed E-state index contributed by atoms with van der Waals surface area (Å²) in [5.74, 6) is 0.678. The zero-order chi connectivity index (χ0) is 10.7. The van der Waals surface area contributed by atoms with Crippen LogP contribution in [0.4, 0.5) is 5.69 Å². The number of anilines is 1. The second kappa shape index (κ2) is 4.56. The molecule has 0 saturated carbocycles. The SMILES string of the molecule is CC(C)C(C)Nc1ccc(O)c(Cl)c1. The minimum atomic E-state index is 0.120. The lowest BCUT2D eigenvalue weighted by atomic mass is 10.1. The van der Waals surface area contributed by atoms with Crippen LogP contribution >= 0.6 is 11.6 Å². The molecule has 0 saturated heterocycles. The first-order valence-electron chi connectivity index (χ1n) is 4.75. The highest BCUT2D eigenvalue weighted by Crippen LogP contribution is 2.26. The molecular weight excluding hydrogens is 198 g/mol. The Labute approximate surface area is 89.9 Å². The van der Waals surface area contributed by atoms with Crippen LogP contribution < -0.4 is 5.32 Å². The Kier molecular flexibility index (Phi) is 3.64. The van der Waals surface area contributed by atoms with Gasteiger partial charge in [-0.15, -0.1) is 0 Å². The van der Waals surface area contributed by atoms with Gasteiger partial charge >= 0.3 is 0 Å². The van der Waals surface area contributed by atoms with E-state index in [2.05, 4.69) is 26.1 Å². The van der Waals surface area contributed by atoms with Crippen LogP contribution in [0.2, 0.25) is 5.02 Å². The summed E-state index contributed by atoms with van der Waals surface area (Å²) in [7, 11) is 0. The van der Waals surface area contributed by atoms with Crippen molar-refractivity contribution in [1.29, 1.82) is 0 Å². The van der Waals surface area contributed by atoms with E-state index >= 15 is 0 Å². The molecule has 1 atom stereocenters. The van der Waals surface area contributed by atoms with E-state index in [1.165, 1.54) is 0 Å². The van der Waals surface area contributed by atoms with Crippen molar-refractivity contribution in [3.63, 3.8) is 0 Å². The number of phenolic OH excluding ortho intramolecular Hbond substituents is 1. The first-order valence-corrected chi connectivity index (χ1v) is 5.13. The van der Waals surface area contributed by atoms with Gasteiger partial charge in [-0.1, -0.05) is 25.4 Å². The molecule has 0 aliphatic carbocycles. The second-order valence-electron chi connectivity index (χ2n) is 3.84. The van der Waals surface area contributed by atoms with E-state index in [1.54, 1.807) is 12.1 Å². The summed E-state index contributed by atoms with van der Waals surface area (Å²) >= 11 is 5.79. The number of halogens is 1. The maximum atomic E-state index is 9.23. The van der Waals surface area contributed by atoms with E-state index in [-0.39, 0.29) is 5.75 Å². The van der Waals surface area contributed by atoms with Crippen LogP contribution in [0.3, 0.4) is 0 Å². The largest absolute Gasteiger partial charge is 0.506 e. The van der Waals surface area contributed by atoms with E-state index in [0.717, 1.165) is 5.69 Å². The molecule has 0 amide bonds. The van der Waals surface area contributed by atoms with E-state index in [9.17, 15) is 5.11 Å². The molecule has 1 rings (SSSR count). The van der Waals surface area contributed by atoms with Crippen molar-refractivity contribution in [2.75, 3.05) is 5.32 Å². The third kappa shape index (κ3) is 2.81. The summed E-state index contributed by atoms with van der Waals surface area (Å²) in [6.45, 7) is 6.42. The van der Waals surface area contributed by atoms with Crippen molar-refractivity contribution in [1.82, 2.24) is 0 Å². The van der Waals surface area contributed by atoms with Crippen LogP contribution in [0.1, 0.15) is 20.8 Å². The van der Waals surface area contributed by atoms with Crippen molar-refractivity contribution in [2.45, 2.75) is 26.8 Å². The number of benzene rings is 1. The van der Waals surface area contributed by atoms with Gasteiger partial charge in [0.05, 0.1) is 5.02 Å². The first-order chi connectivity index (χ1) is 6.50. The van der Waals surface area contributed by atoms with Gasteiger partial charge in [0, 0.05) is 11.7 Å². The standard InChI is InChI=1S/C11H16ClNO/c1-7(2)8(3)13-9-4-5-11(14)10(12)6-9/h4-8,13-14H,1-3H3. The first kappa shape index (κ1) is 11.2. The van der Waals surface area contributed by atoms with E-state index < -0.39 is 0 Å². The maximum absolute atomic E-state index is 9.23. The predicted molar refractivity (Wildman–Crippen MR) is 61.0 cm³/mol. The number of aromatic hydroxyl groups is 1. The highest BCUT2D eigenvalue weighted by atomic mass is 35.5. The lowest BCUT2D eigenvalue weighted by molar-refractivity contribution is 0.475. The molecule has 3 heteroatoms. The van der Waals surface area contributed by atoms with Gasteiger partial charge < -0.3 is 10.4 Å². The highest BCUT2D eigenvalue weighted by molar-refractivity contribution is 6.32. The third-order valence-corrected chi connectivity index (χ3v) is 2.64. The summed E-state index contributed by atoms with van der Waals surface area (Å²) < 4.78 is 0. The maximum Gasteiger partial charge on any atom is 0.134 e. The number of phenols is 1. The topological polar surface area (TPSA) is 32.3 Å². The van der Waals surface area contributed by atoms with Crippen molar-refractivity contribution < 1.29 is 5.11 Å². The molecule has 2 N–H and O–H groups in total. The Morgan fingerprint density at radius 1 is 1.29 bits per heavy atom. The van der Waals surface area contributed by atoms with Gasteiger partial charge in [-0.25, -0.2) is 0 Å². The van der Waals surface area contributed by atoms with Crippen LogP contribution in [0.25, 0.3) is 0 Å². The van der Waals surface area contributed by atoms with Crippen LogP contribution in [0.5, 0.6) is 5.75 Å². The Bertz CT molecular complexity index is 312. The smallest absolute Gasteiger partial charge is 0.134 e. The fraction of sp³-hybridized carbons (Fsp3) is 0.455. The minimum Gasteiger partial charge on any atom is -0.506 e. The monoisotopic (exact) mass is 213 g/mol. The average molecular weight is 214 g/mol. The minimum absolute atomic E-state index is 0.120. The van der Waals surface area contributed by atoms with Crippen LogP contribution in [-0.4, -0.2) is 11.1 Å². The van der Waals surface area contributed by atoms with Crippen molar-refractivity contribution in [2.24, 2.45) is 5.92 Å². The van der Waals surface area contributed by atoms with Crippen molar-refractivity contribution in [3.8, 4) is 5.75 Å². The quantitative estimate of drug-likeness (QED) is 0.754. The number of hydrogen-bond acceptors (Lipinski definition) is 2. The van der Waals surface area contributed by atoms with Gasteiger partial charge in [-0.3, -0.25) is 0 Å². The molecular formula is C11H16ClNO. The molecule has 0 fully saturated rings. The predicted octanol–water partition coefficient (Wildman–Crippen LogP) is 3.50. The van der Waals surface area contributed by atoms with Gasteiger partial charge in [-0.05, 0) is 31.0 Å². The molecule has 0 spiro atoms. The third-order valence-electron chi connectivity index (χ3n) is 2.34. The Morgan fingerprint density at radius 2 is 1.93 bits per heavy atom. The van der Waals surface area contributed by atoms with E-state index in [4.69, 9.17) is 11.6 Å². The zero-order valence-electron chi connectivity index (χ0n) is 8.71. The van der Waals surface area contributed by atoms with E-state index in [1.807, 2.05) is 6.07 Å². The summed E-state index contributed by atoms with van der Waals surface area (Å²) in [4.78, 5) is 0. The van der Waals surface area contributed by atoms with Gasteiger partial charge in [0.15, 0.2) is 0 Å². The Morgan fingerprint density at radius 3 is 2.43 bits per heavy atom. The van der Waals surface area contributed by atoms with E-state index in [0.29, 0.717) is 17.0 Å². The van der Waals surface area contributed by atoms with Gasteiger partial charge in [0.1, 0.15) is 5.75 Å². The fourth-order valence-corrected chi connectivity index (χ4v) is 1.21. The summed E-state index contributed by atoms with van der Waals surface area (Å²) in [5.41, 5.74) is 0.939. The van der Waals surface area contributed by atoms with Crippen LogP contribution in [0, 0.1) is 5.92 Å². The molecule has 14 heavy (non-hydrogen) atoms. The summed E-state index contributed by atoms with van der Waals surface area (Å²) in [5, 5.41) is 12.9. The molecule has 0 bridgehead atoms. The van der Waals surface area contributed by atoms with Crippen LogP contribution in [0.15, 0.2) is 18.2 Å². The highest BCUT2D eigenvalue weighted by Gasteiger charge is 2.07. The molecule has 0 radical (unpaired) electrons. The second-order valence-corrected chi connectivity index (χ2v) is 4.25. The molecule has 0 aliphatic rings. The van der Waals surface area contributed by atoms with Crippen molar-refractivity contribution in [3.05, 3.63) is 23.2 Å². The molecule has 0 heterocycles. The number of hydrogen-bond donors (Lipinski definition) is 2. The van der Waals surface area contributed by atoms with Gasteiger partial charge in [0.25, 0.3) is 0 Å². The van der Waals surface area contributed by atoms with Gasteiger partial charge in [0.2, 0.25) is 0 Å². The van der Waals surface area contributed by atoms with Crippen molar-refractivity contribution >= 4 is 17.3 Å². The van der Waals surface area contributed by atoms with Gasteiger partial charge in [-0.2, -0.15) is 0 Å². The Hall–Kier alpha value is -0.890. The summed E-state index contributed by atoms with van der Waals surface area (Å²) in [6.07, 6.45) is 0. The number of rotatable bonds is 3. The molecule has 0 aromatic heterocycles. The molecule has 1 unspecified atom stereocenters. The average Bonchev–Trinajstić information content (AvgIpc) is 2.11. The Balaban J connectivity index is 2.73.